The number of rotatable bonds is 6. The smallest absolute Gasteiger partial charge is 0.274 e. The summed E-state index contributed by atoms with van der Waals surface area (Å²) in [6.07, 6.45) is 0.710. The topological polar surface area (TPSA) is 57.5 Å². The van der Waals surface area contributed by atoms with E-state index < -0.39 is 12.1 Å². The Bertz CT molecular complexity index is 1010. The maximum Gasteiger partial charge on any atom is 0.274 e. The molecule has 1 aliphatic rings. The number of carbonyl (C=O) groups is 1. The SMILES string of the molecule is Cc1c(Cc2ccc(C(=O)NO)cc2)c2ccccc2n1CCN1CC[C@H](F)C1. The van der Waals surface area contributed by atoms with Gasteiger partial charge < -0.3 is 4.57 Å². The van der Waals surface area contributed by atoms with Crippen LogP contribution in [-0.2, 0) is 13.0 Å². The first kappa shape index (κ1) is 19.6. The Labute approximate surface area is 169 Å². The molecule has 0 saturated carbocycles. The second-order valence-corrected chi connectivity index (χ2v) is 7.73. The zero-order valence-corrected chi connectivity index (χ0v) is 16.6. The number of benzene rings is 2. The first-order valence-corrected chi connectivity index (χ1v) is 10.0. The van der Waals surface area contributed by atoms with Gasteiger partial charge in [0.15, 0.2) is 0 Å². The van der Waals surface area contributed by atoms with E-state index in [4.69, 9.17) is 5.21 Å². The van der Waals surface area contributed by atoms with E-state index in [-0.39, 0.29) is 0 Å². The van der Waals surface area contributed by atoms with Crippen molar-refractivity contribution in [3.63, 3.8) is 0 Å². The molecule has 0 unspecified atom stereocenters. The van der Waals surface area contributed by atoms with Crippen LogP contribution in [0.15, 0.2) is 48.5 Å². The van der Waals surface area contributed by atoms with E-state index in [9.17, 15) is 9.18 Å². The number of hydroxylamine groups is 1. The van der Waals surface area contributed by atoms with Gasteiger partial charge in [0.25, 0.3) is 5.91 Å². The number of nitrogens with zero attached hydrogens (tertiary/aromatic N) is 2. The predicted octanol–water partition coefficient (Wildman–Crippen LogP) is 3.70. The number of aromatic nitrogens is 1. The number of fused-ring (bicyclic) bond motifs is 1. The van der Waals surface area contributed by atoms with E-state index in [2.05, 4.69) is 40.7 Å². The molecule has 0 spiro atoms. The normalized spacial score (nSPS) is 17.1. The molecule has 29 heavy (non-hydrogen) atoms. The molecule has 1 aromatic heterocycles. The highest BCUT2D eigenvalue weighted by molar-refractivity contribution is 5.93. The standard InChI is InChI=1S/C23H26FN3O2/c1-16-21(14-17-6-8-18(9-7-17)23(28)25-29)20-4-2-3-5-22(20)27(16)13-12-26-11-10-19(24)15-26/h2-9,19,29H,10-15H2,1H3,(H,25,28)/t19-/m0/s1. The van der Waals surface area contributed by atoms with E-state index in [0.29, 0.717) is 18.5 Å². The van der Waals surface area contributed by atoms with Gasteiger partial charge in [-0.25, -0.2) is 9.87 Å². The van der Waals surface area contributed by atoms with Crippen molar-refractivity contribution in [3.05, 3.63) is 70.9 Å². The predicted molar refractivity (Wildman–Crippen MR) is 111 cm³/mol. The summed E-state index contributed by atoms with van der Waals surface area (Å²) in [5.74, 6) is -0.512. The summed E-state index contributed by atoms with van der Waals surface area (Å²) in [5, 5.41) is 10.00. The Balaban J connectivity index is 1.59. The van der Waals surface area contributed by atoms with Gasteiger partial charge in [0, 0.05) is 48.3 Å². The summed E-state index contributed by atoms with van der Waals surface area (Å²) in [6, 6.07) is 15.7. The molecule has 6 heteroatoms. The number of alkyl halides is 1. The van der Waals surface area contributed by atoms with Crippen LogP contribution in [0.25, 0.3) is 10.9 Å². The number of hydrogen-bond acceptors (Lipinski definition) is 3. The number of likely N-dealkylation sites (tertiary alicyclic amines) is 1. The summed E-state index contributed by atoms with van der Waals surface area (Å²) >= 11 is 0. The second kappa shape index (κ2) is 8.35. The number of halogens is 1. The molecule has 0 aliphatic carbocycles. The monoisotopic (exact) mass is 395 g/mol. The minimum atomic E-state index is -0.691. The Morgan fingerprint density at radius 3 is 2.62 bits per heavy atom. The average Bonchev–Trinajstić information content (AvgIpc) is 3.27. The summed E-state index contributed by atoms with van der Waals surface area (Å²) in [6.45, 7) is 5.21. The molecule has 3 aromatic rings. The van der Waals surface area contributed by atoms with Crippen molar-refractivity contribution in [1.29, 1.82) is 0 Å². The third-order valence-corrected chi connectivity index (χ3v) is 5.91. The molecule has 0 radical (unpaired) electrons. The fourth-order valence-electron chi connectivity index (χ4n) is 4.29. The van der Waals surface area contributed by atoms with Gasteiger partial charge in [0.1, 0.15) is 6.17 Å². The highest BCUT2D eigenvalue weighted by atomic mass is 19.1. The van der Waals surface area contributed by atoms with Gasteiger partial charge in [0.2, 0.25) is 0 Å². The summed E-state index contributed by atoms with van der Waals surface area (Å²) < 4.78 is 15.8. The van der Waals surface area contributed by atoms with Crippen LogP contribution >= 0.6 is 0 Å². The first-order chi connectivity index (χ1) is 14.1. The van der Waals surface area contributed by atoms with E-state index >= 15 is 0 Å². The van der Waals surface area contributed by atoms with Gasteiger partial charge in [-0.05, 0) is 49.1 Å². The zero-order valence-electron chi connectivity index (χ0n) is 16.6. The van der Waals surface area contributed by atoms with Crippen LogP contribution in [0, 0.1) is 6.92 Å². The fourth-order valence-corrected chi connectivity index (χ4v) is 4.29. The molecule has 2 aromatic carbocycles. The van der Waals surface area contributed by atoms with Crippen LogP contribution < -0.4 is 5.48 Å². The van der Waals surface area contributed by atoms with Gasteiger partial charge >= 0.3 is 0 Å². The Kier molecular flexibility index (Phi) is 5.65. The van der Waals surface area contributed by atoms with Crippen LogP contribution in [0.3, 0.4) is 0 Å². The molecule has 1 saturated heterocycles. The lowest BCUT2D eigenvalue weighted by Crippen LogP contribution is -2.25. The lowest BCUT2D eigenvalue weighted by Gasteiger charge is -2.17. The van der Waals surface area contributed by atoms with E-state index in [1.54, 1.807) is 17.6 Å². The molecule has 1 atom stereocenters. The highest BCUT2D eigenvalue weighted by Gasteiger charge is 2.22. The minimum absolute atomic E-state index is 0.423. The van der Waals surface area contributed by atoms with Crippen LogP contribution in [0.5, 0.6) is 0 Å². The third-order valence-electron chi connectivity index (χ3n) is 5.91. The van der Waals surface area contributed by atoms with Gasteiger partial charge in [-0.1, -0.05) is 30.3 Å². The molecule has 1 fully saturated rings. The van der Waals surface area contributed by atoms with Crippen molar-refractivity contribution in [2.45, 2.75) is 32.5 Å². The van der Waals surface area contributed by atoms with Gasteiger partial charge in [-0.15, -0.1) is 0 Å². The van der Waals surface area contributed by atoms with Crippen LogP contribution in [0.2, 0.25) is 0 Å². The minimum Gasteiger partial charge on any atom is -0.343 e. The molecule has 1 amide bonds. The average molecular weight is 395 g/mol. The Morgan fingerprint density at radius 1 is 1.17 bits per heavy atom. The van der Waals surface area contributed by atoms with Gasteiger partial charge in [-0.3, -0.25) is 14.9 Å². The van der Waals surface area contributed by atoms with Crippen molar-refractivity contribution in [2.75, 3.05) is 19.6 Å². The maximum atomic E-state index is 13.5. The molecule has 152 valence electrons. The first-order valence-electron chi connectivity index (χ1n) is 10.0. The van der Waals surface area contributed by atoms with Gasteiger partial charge in [0.05, 0.1) is 0 Å². The number of carbonyl (C=O) groups excluding carboxylic acids is 1. The Hall–Kier alpha value is -2.70. The molecular weight excluding hydrogens is 369 g/mol. The maximum absolute atomic E-state index is 13.5. The van der Waals surface area contributed by atoms with E-state index in [0.717, 1.165) is 31.6 Å². The molecule has 4 rings (SSSR count). The molecule has 1 aliphatic heterocycles. The zero-order chi connectivity index (χ0) is 20.4. The number of amides is 1. The largest absolute Gasteiger partial charge is 0.343 e. The molecule has 2 N–H and O–H groups in total. The lowest BCUT2D eigenvalue weighted by atomic mass is 10.0. The highest BCUT2D eigenvalue weighted by Crippen LogP contribution is 2.28. The third kappa shape index (κ3) is 4.04. The van der Waals surface area contributed by atoms with Gasteiger partial charge in [-0.2, -0.15) is 0 Å². The Morgan fingerprint density at radius 2 is 1.93 bits per heavy atom. The van der Waals surface area contributed by atoms with Crippen molar-refractivity contribution in [2.24, 2.45) is 0 Å². The summed E-state index contributed by atoms with van der Waals surface area (Å²) in [7, 11) is 0. The molecule has 5 nitrogen and oxygen atoms in total. The quantitative estimate of drug-likeness (QED) is 0.494. The number of hydrogen-bond donors (Lipinski definition) is 2. The van der Waals surface area contributed by atoms with Crippen molar-refractivity contribution in [1.82, 2.24) is 14.9 Å². The molecule has 0 bridgehead atoms. The number of para-hydroxylation sites is 1. The van der Waals surface area contributed by atoms with E-state index in [1.165, 1.54) is 22.2 Å². The fraction of sp³-hybridized carbons (Fsp3) is 0.348. The van der Waals surface area contributed by atoms with Crippen LogP contribution in [0.4, 0.5) is 4.39 Å². The summed E-state index contributed by atoms with van der Waals surface area (Å²) in [4.78, 5) is 13.7. The van der Waals surface area contributed by atoms with Crippen molar-refractivity contribution < 1.29 is 14.4 Å². The molecular formula is C23H26FN3O2. The lowest BCUT2D eigenvalue weighted by molar-refractivity contribution is 0.0706. The van der Waals surface area contributed by atoms with Crippen molar-refractivity contribution >= 4 is 16.8 Å². The van der Waals surface area contributed by atoms with Crippen molar-refractivity contribution in [3.8, 4) is 0 Å². The van der Waals surface area contributed by atoms with Crippen LogP contribution in [0.1, 0.15) is 33.6 Å². The van der Waals surface area contributed by atoms with E-state index in [1.807, 2.05) is 12.1 Å². The molecule has 2 heterocycles. The van der Waals surface area contributed by atoms with Crippen LogP contribution in [-0.4, -0.2) is 46.4 Å². The number of nitrogens with one attached hydrogen (secondary N) is 1. The second-order valence-electron chi connectivity index (χ2n) is 7.73. The summed E-state index contributed by atoms with van der Waals surface area (Å²) in [5.41, 5.74) is 6.87.